The summed E-state index contributed by atoms with van der Waals surface area (Å²) in [6.07, 6.45) is 10.1. The van der Waals surface area contributed by atoms with Crippen LogP contribution in [0.5, 0.6) is 0 Å². The van der Waals surface area contributed by atoms with E-state index in [0.29, 0.717) is 12.5 Å². The Bertz CT molecular complexity index is 458. The van der Waals surface area contributed by atoms with E-state index < -0.39 is 0 Å². The van der Waals surface area contributed by atoms with Crippen molar-refractivity contribution in [3.8, 4) is 12.3 Å². The number of aromatic nitrogens is 1. The lowest BCUT2D eigenvalue weighted by atomic mass is 10.2. The highest BCUT2D eigenvalue weighted by molar-refractivity contribution is 5.48. The first-order valence-corrected chi connectivity index (χ1v) is 7.53. The van der Waals surface area contributed by atoms with E-state index in [1.165, 1.54) is 18.5 Å². The Labute approximate surface area is 122 Å². The molecule has 0 aromatic carbocycles. The molecule has 1 aromatic rings. The lowest BCUT2D eigenvalue weighted by Gasteiger charge is -2.22. The van der Waals surface area contributed by atoms with Crippen LogP contribution in [-0.2, 0) is 6.54 Å². The van der Waals surface area contributed by atoms with Gasteiger partial charge in [0.15, 0.2) is 0 Å². The Balaban J connectivity index is 1.96. The molecule has 0 spiro atoms. The molecule has 3 heteroatoms. The van der Waals surface area contributed by atoms with Gasteiger partial charge in [0.2, 0.25) is 0 Å². The molecular formula is C17H25N3. The molecule has 20 heavy (non-hydrogen) atoms. The molecule has 1 aliphatic rings. The van der Waals surface area contributed by atoms with Crippen LogP contribution in [0.1, 0.15) is 32.4 Å². The molecule has 0 bridgehead atoms. The van der Waals surface area contributed by atoms with Crippen molar-refractivity contribution >= 4 is 5.69 Å². The highest BCUT2D eigenvalue weighted by Crippen LogP contribution is 2.31. The summed E-state index contributed by atoms with van der Waals surface area (Å²) in [6.45, 7) is 8.01. The van der Waals surface area contributed by atoms with Crippen LogP contribution >= 0.6 is 0 Å². The maximum Gasteiger partial charge on any atom is 0.0791 e. The van der Waals surface area contributed by atoms with Gasteiger partial charge in [0.05, 0.1) is 12.2 Å². The lowest BCUT2D eigenvalue weighted by molar-refractivity contribution is 0.548. The van der Waals surface area contributed by atoms with Gasteiger partial charge in [-0.2, -0.15) is 0 Å². The number of hydrogen-bond donors (Lipinski definition) is 1. The molecule has 0 unspecified atom stereocenters. The SMILES string of the molecule is C#CCN(CC1CC1)c1ccnc(CNCC(C)C)c1. The van der Waals surface area contributed by atoms with E-state index in [2.05, 4.69) is 47.1 Å². The van der Waals surface area contributed by atoms with Gasteiger partial charge in [-0.05, 0) is 43.4 Å². The fraction of sp³-hybridized carbons (Fsp3) is 0.588. The Hall–Kier alpha value is -1.53. The zero-order chi connectivity index (χ0) is 14.4. The second-order valence-corrected chi connectivity index (χ2v) is 6.06. The molecule has 1 aromatic heterocycles. The Morgan fingerprint density at radius 1 is 1.50 bits per heavy atom. The maximum absolute atomic E-state index is 5.49. The molecule has 1 aliphatic carbocycles. The molecule has 0 radical (unpaired) electrons. The predicted octanol–water partition coefficient (Wildman–Crippen LogP) is 2.68. The largest absolute Gasteiger partial charge is 0.360 e. The van der Waals surface area contributed by atoms with E-state index in [-0.39, 0.29) is 0 Å². The van der Waals surface area contributed by atoms with Crippen molar-refractivity contribution in [1.29, 1.82) is 0 Å². The molecule has 0 atom stereocenters. The van der Waals surface area contributed by atoms with Gasteiger partial charge < -0.3 is 10.2 Å². The minimum Gasteiger partial charge on any atom is -0.360 e. The summed E-state index contributed by atoms with van der Waals surface area (Å²) < 4.78 is 0. The van der Waals surface area contributed by atoms with Gasteiger partial charge >= 0.3 is 0 Å². The van der Waals surface area contributed by atoms with Crippen LogP contribution in [0.4, 0.5) is 5.69 Å². The Morgan fingerprint density at radius 2 is 2.30 bits per heavy atom. The van der Waals surface area contributed by atoms with Crippen molar-refractivity contribution < 1.29 is 0 Å². The summed E-state index contributed by atoms with van der Waals surface area (Å²) in [7, 11) is 0. The predicted molar refractivity (Wildman–Crippen MR) is 84.6 cm³/mol. The van der Waals surface area contributed by atoms with Crippen LogP contribution in [-0.4, -0.2) is 24.6 Å². The smallest absolute Gasteiger partial charge is 0.0791 e. The van der Waals surface area contributed by atoms with E-state index >= 15 is 0 Å². The quantitative estimate of drug-likeness (QED) is 0.737. The molecule has 1 fully saturated rings. The highest BCUT2D eigenvalue weighted by Gasteiger charge is 2.24. The summed E-state index contributed by atoms with van der Waals surface area (Å²) in [6, 6.07) is 4.22. The summed E-state index contributed by atoms with van der Waals surface area (Å²) in [5, 5.41) is 3.43. The molecular weight excluding hydrogens is 246 g/mol. The zero-order valence-electron chi connectivity index (χ0n) is 12.6. The molecule has 1 saturated carbocycles. The van der Waals surface area contributed by atoms with Crippen LogP contribution in [0.15, 0.2) is 18.3 Å². The summed E-state index contributed by atoms with van der Waals surface area (Å²) in [5.74, 6) is 4.26. The highest BCUT2D eigenvalue weighted by atomic mass is 15.1. The normalized spacial score (nSPS) is 14.3. The van der Waals surface area contributed by atoms with E-state index in [1.807, 2.05) is 6.20 Å². The first kappa shape index (κ1) is 14.9. The molecule has 0 aliphatic heterocycles. The standard InChI is InChI=1S/C17H25N3/c1-4-9-20(13-15-5-6-15)17-7-8-19-16(10-17)12-18-11-14(2)3/h1,7-8,10,14-15,18H,5-6,9,11-13H2,2-3H3. The molecule has 108 valence electrons. The summed E-state index contributed by atoms with van der Waals surface area (Å²) in [5.41, 5.74) is 2.28. The number of anilines is 1. The number of pyridine rings is 1. The average Bonchev–Trinajstić information content (AvgIpc) is 3.22. The van der Waals surface area contributed by atoms with Gasteiger partial charge in [-0.1, -0.05) is 19.8 Å². The third-order valence-corrected chi connectivity index (χ3v) is 3.48. The number of terminal acetylenes is 1. The van der Waals surface area contributed by atoms with Crippen molar-refractivity contribution in [2.45, 2.75) is 33.2 Å². The number of rotatable bonds is 8. The van der Waals surface area contributed by atoms with Gasteiger partial charge in [0, 0.05) is 25.0 Å². The lowest BCUT2D eigenvalue weighted by Crippen LogP contribution is -2.26. The van der Waals surface area contributed by atoms with Crippen molar-refractivity contribution in [2.75, 3.05) is 24.5 Å². The minimum atomic E-state index is 0.658. The Morgan fingerprint density at radius 3 is 2.95 bits per heavy atom. The first-order valence-electron chi connectivity index (χ1n) is 7.53. The zero-order valence-corrected chi connectivity index (χ0v) is 12.6. The van der Waals surface area contributed by atoms with Crippen molar-refractivity contribution in [1.82, 2.24) is 10.3 Å². The minimum absolute atomic E-state index is 0.658. The van der Waals surface area contributed by atoms with Crippen LogP contribution in [0, 0.1) is 24.2 Å². The van der Waals surface area contributed by atoms with Gasteiger partial charge in [-0.3, -0.25) is 4.98 Å². The van der Waals surface area contributed by atoms with Crippen LogP contribution in [0.3, 0.4) is 0 Å². The van der Waals surface area contributed by atoms with Crippen LogP contribution < -0.4 is 10.2 Å². The average molecular weight is 271 g/mol. The van der Waals surface area contributed by atoms with Gasteiger partial charge in [0.1, 0.15) is 0 Å². The fourth-order valence-electron chi connectivity index (χ4n) is 2.23. The van der Waals surface area contributed by atoms with Gasteiger partial charge in [0.25, 0.3) is 0 Å². The van der Waals surface area contributed by atoms with Crippen molar-refractivity contribution in [3.05, 3.63) is 24.0 Å². The molecule has 0 amide bonds. The summed E-state index contributed by atoms with van der Waals surface area (Å²) in [4.78, 5) is 6.73. The second kappa shape index (κ2) is 7.31. The van der Waals surface area contributed by atoms with E-state index in [0.717, 1.165) is 31.2 Å². The van der Waals surface area contributed by atoms with Gasteiger partial charge in [-0.25, -0.2) is 0 Å². The van der Waals surface area contributed by atoms with Crippen LogP contribution in [0.25, 0.3) is 0 Å². The maximum atomic E-state index is 5.49. The molecule has 0 saturated heterocycles. The molecule has 3 nitrogen and oxygen atoms in total. The molecule has 1 heterocycles. The third kappa shape index (κ3) is 4.86. The fourth-order valence-corrected chi connectivity index (χ4v) is 2.23. The Kier molecular flexibility index (Phi) is 5.43. The second-order valence-electron chi connectivity index (χ2n) is 6.06. The number of hydrogen-bond acceptors (Lipinski definition) is 3. The van der Waals surface area contributed by atoms with Crippen molar-refractivity contribution in [2.24, 2.45) is 11.8 Å². The number of nitrogens with zero attached hydrogens (tertiary/aromatic N) is 2. The third-order valence-electron chi connectivity index (χ3n) is 3.48. The van der Waals surface area contributed by atoms with E-state index in [4.69, 9.17) is 6.42 Å². The topological polar surface area (TPSA) is 28.2 Å². The number of nitrogens with one attached hydrogen (secondary N) is 1. The van der Waals surface area contributed by atoms with Gasteiger partial charge in [-0.15, -0.1) is 6.42 Å². The van der Waals surface area contributed by atoms with Crippen molar-refractivity contribution in [3.63, 3.8) is 0 Å². The van der Waals surface area contributed by atoms with Crippen LogP contribution in [0.2, 0.25) is 0 Å². The molecule has 2 rings (SSSR count). The first-order chi connectivity index (χ1) is 9.69. The monoisotopic (exact) mass is 271 g/mol. The van der Waals surface area contributed by atoms with E-state index in [1.54, 1.807) is 0 Å². The van der Waals surface area contributed by atoms with E-state index in [9.17, 15) is 0 Å². The molecule has 1 N–H and O–H groups in total. The summed E-state index contributed by atoms with van der Waals surface area (Å²) >= 11 is 0.